The largest absolute Gasteiger partial charge is 0.459 e. The van der Waals surface area contributed by atoms with E-state index in [0.717, 1.165) is 71.7 Å². The lowest BCUT2D eigenvalue weighted by Crippen LogP contribution is -2.48. The Morgan fingerprint density at radius 1 is 0.840 bits per heavy atom. The summed E-state index contributed by atoms with van der Waals surface area (Å²) >= 11 is 0. The Morgan fingerprint density at radius 3 is 2.26 bits per heavy atom. The highest BCUT2D eigenvalue weighted by Gasteiger charge is 2.43. The maximum Gasteiger partial charge on any atom is 0.324 e. The highest BCUT2D eigenvalue weighted by atomic mass is 16.3. The van der Waals surface area contributed by atoms with E-state index in [2.05, 4.69) is 53.8 Å². The van der Waals surface area contributed by atoms with Gasteiger partial charge in [-0.05, 0) is 81.7 Å². The molecule has 9 heteroatoms. The molecule has 2 aliphatic rings. The molecule has 7 rings (SSSR count). The van der Waals surface area contributed by atoms with E-state index < -0.39 is 0 Å². The van der Waals surface area contributed by atoms with Gasteiger partial charge < -0.3 is 20.0 Å². The number of nitrogens with one attached hydrogen (secondary N) is 3. The molecule has 2 aliphatic heterocycles. The van der Waals surface area contributed by atoms with Gasteiger partial charge in [-0.1, -0.05) is 80.9 Å². The number of aromatic nitrogens is 2. The van der Waals surface area contributed by atoms with Crippen LogP contribution in [0.5, 0.6) is 0 Å². The molecule has 9 nitrogen and oxygen atoms in total. The molecule has 0 radical (unpaired) electrons. The normalized spacial score (nSPS) is 18.6. The minimum atomic E-state index is -0.322. The molecular weight excluding hydrogens is 624 g/mol. The average Bonchev–Trinajstić information content (AvgIpc) is 3.75. The third-order valence-corrected chi connectivity index (χ3v) is 9.99. The Bertz CT molecular complexity index is 1970. The van der Waals surface area contributed by atoms with E-state index >= 15 is 0 Å². The van der Waals surface area contributed by atoms with Crippen molar-refractivity contribution in [3.8, 4) is 17.0 Å². The molecule has 258 valence electrons. The monoisotopic (exact) mass is 670 g/mol. The molecule has 2 aromatic heterocycles. The van der Waals surface area contributed by atoms with Gasteiger partial charge in [0.05, 0.1) is 17.1 Å². The maximum atomic E-state index is 13.6. The molecule has 2 bridgehead atoms. The molecule has 3 aromatic carbocycles. The van der Waals surface area contributed by atoms with Crippen molar-refractivity contribution in [2.45, 2.75) is 84.2 Å². The number of fused-ring (bicyclic) bond motifs is 2. The summed E-state index contributed by atoms with van der Waals surface area (Å²) in [5, 5.41) is 14.0. The molecule has 0 saturated carbocycles. The summed E-state index contributed by atoms with van der Waals surface area (Å²) in [5.74, 6) is 2.52. The number of aryl methyl sites for hydroxylation is 2. The number of urea groups is 2. The van der Waals surface area contributed by atoms with Gasteiger partial charge >= 0.3 is 12.1 Å². The summed E-state index contributed by atoms with van der Waals surface area (Å²) in [7, 11) is 0. The third-order valence-electron chi connectivity index (χ3n) is 9.99. The van der Waals surface area contributed by atoms with Crippen LogP contribution in [-0.2, 0) is 11.8 Å². The second-order valence-corrected chi connectivity index (χ2v) is 14.9. The highest BCUT2D eigenvalue weighted by Crippen LogP contribution is 2.41. The van der Waals surface area contributed by atoms with Gasteiger partial charge in [0.1, 0.15) is 17.3 Å². The van der Waals surface area contributed by atoms with E-state index in [9.17, 15) is 9.59 Å². The van der Waals surface area contributed by atoms with Crippen molar-refractivity contribution in [2.24, 2.45) is 5.92 Å². The van der Waals surface area contributed by atoms with Crippen LogP contribution in [0.25, 0.3) is 17.0 Å². The summed E-state index contributed by atoms with van der Waals surface area (Å²) in [4.78, 5) is 28.9. The first-order valence-electron chi connectivity index (χ1n) is 17.6. The summed E-state index contributed by atoms with van der Waals surface area (Å²) in [6, 6.07) is 30.0. The van der Waals surface area contributed by atoms with E-state index in [1.165, 1.54) is 5.56 Å². The second-order valence-electron chi connectivity index (χ2n) is 14.9. The zero-order valence-electron chi connectivity index (χ0n) is 29.5. The number of furan rings is 1. The van der Waals surface area contributed by atoms with Gasteiger partial charge in [0.25, 0.3) is 0 Å². The molecule has 4 amide bonds. The zero-order valence-corrected chi connectivity index (χ0v) is 29.5. The number of rotatable bonds is 7. The van der Waals surface area contributed by atoms with Crippen molar-refractivity contribution in [2.75, 3.05) is 16.0 Å². The van der Waals surface area contributed by atoms with Crippen molar-refractivity contribution < 1.29 is 14.0 Å². The van der Waals surface area contributed by atoms with Crippen molar-refractivity contribution >= 4 is 29.3 Å². The molecule has 5 aromatic rings. The third kappa shape index (κ3) is 7.18. The van der Waals surface area contributed by atoms with Crippen LogP contribution < -0.4 is 16.0 Å². The molecule has 0 aliphatic carbocycles. The van der Waals surface area contributed by atoms with E-state index in [0.29, 0.717) is 17.5 Å². The van der Waals surface area contributed by atoms with Gasteiger partial charge in [-0.15, -0.1) is 0 Å². The molecule has 3 N–H and O–H groups in total. The zero-order chi connectivity index (χ0) is 35.0. The Balaban J connectivity index is 0.973. The molecule has 2 fully saturated rings. The average molecular weight is 671 g/mol. The topological polar surface area (TPSA) is 104 Å². The number of nitrogens with zero attached hydrogens (tertiary/aromatic N) is 3. The van der Waals surface area contributed by atoms with Crippen LogP contribution in [0.1, 0.15) is 69.0 Å². The Kier molecular flexibility index (Phi) is 8.99. The van der Waals surface area contributed by atoms with Gasteiger partial charge in [-0.25, -0.2) is 14.3 Å². The van der Waals surface area contributed by atoms with Crippen LogP contribution in [0.3, 0.4) is 0 Å². The fourth-order valence-corrected chi connectivity index (χ4v) is 7.43. The number of amides is 4. The first-order valence-corrected chi connectivity index (χ1v) is 17.6. The number of piperidine rings is 1. The lowest BCUT2D eigenvalue weighted by molar-refractivity contribution is 0.131. The number of hydrogen-bond acceptors (Lipinski definition) is 4. The van der Waals surface area contributed by atoms with Crippen LogP contribution in [-0.4, -0.2) is 38.8 Å². The summed E-state index contributed by atoms with van der Waals surface area (Å²) in [5.41, 5.74) is 6.37. The van der Waals surface area contributed by atoms with E-state index in [-0.39, 0.29) is 29.6 Å². The number of carbonyl (C=O) groups is 2. The molecule has 2 saturated heterocycles. The fraction of sp³-hybridized carbons (Fsp3) is 0.341. The van der Waals surface area contributed by atoms with Gasteiger partial charge in [-0.3, -0.25) is 5.32 Å². The van der Waals surface area contributed by atoms with Gasteiger partial charge in [0, 0.05) is 40.9 Å². The lowest BCUT2D eigenvalue weighted by atomic mass is 9.86. The summed E-state index contributed by atoms with van der Waals surface area (Å²) in [6.07, 6.45) is 4.86. The minimum Gasteiger partial charge on any atom is -0.459 e. The molecule has 4 heterocycles. The van der Waals surface area contributed by atoms with E-state index in [1.54, 1.807) is 4.68 Å². The van der Waals surface area contributed by atoms with Crippen molar-refractivity contribution in [1.82, 2.24) is 14.7 Å². The Morgan fingerprint density at radius 2 is 1.56 bits per heavy atom. The first-order chi connectivity index (χ1) is 24.0. The summed E-state index contributed by atoms with van der Waals surface area (Å²) in [6.45, 7) is 10.3. The summed E-state index contributed by atoms with van der Waals surface area (Å²) < 4.78 is 7.76. The predicted molar refractivity (Wildman–Crippen MR) is 199 cm³/mol. The van der Waals surface area contributed by atoms with Crippen molar-refractivity contribution in [3.63, 3.8) is 0 Å². The van der Waals surface area contributed by atoms with E-state index in [1.807, 2.05) is 92.7 Å². The first kappa shape index (κ1) is 33.2. The Labute approximate surface area is 294 Å². The minimum absolute atomic E-state index is 0.0463. The standard InChI is InChI=1S/C41H46N6O3/c1-26-14-16-32(17-15-26)47-38(25-37(45-47)41(3,4)5)44-39(48)42-31-13-9-10-28(21-31)20-29-22-33-18-19-34(23-29)46(33)40(49)43-35-24-36(50-27(35)2)30-11-7-6-8-12-30/h6-17,21,24-25,29,33-34H,18-20,22-23H2,1-5H3,(H,43,49)(H2,42,44,48). The number of benzene rings is 3. The van der Waals surface area contributed by atoms with Gasteiger partial charge in [0.15, 0.2) is 0 Å². The lowest BCUT2D eigenvalue weighted by Gasteiger charge is -2.39. The van der Waals surface area contributed by atoms with Crippen LogP contribution >= 0.6 is 0 Å². The second kappa shape index (κ2) is 13.5. The Hall–Kier alpha value is -5.31. The van der Waals surface area contributed by atoms with Crippen LogP contribution in [0.4, 0.5) is 26.8 Å². The molecule has 50 heavy (non-hydrogen) atoms. The van der Waals surface area contributed by atoms with Gasteiger partial charge in [-0.2, -0.15) is 5.10 Å². The van der Waals surface area contributed by atoms with Crippen molar-refractivity contribution in [1.29, 1.82) is 0 Å². The molecule has 2 atom stereocenters. The van der Waals surface area contributed by atoms with Crippen LogP contribution in [0.2, 0.25) is 0 Å². The smallest absolute Gasteiger partial charge is 0.324 e. The molecule has 2 unspecified atom stereocenters. The van der Waals surface area contributed by atoms with Gasteiger partial charge in [0.2, 0.25) is 0 Å². The number of carbonyl (C=O) groups excluding carboxylic acids is 2. The van der Waals surface area contributed by atoms with Crippen molar-refractivity contribution in [3.05, 3.63) is 114 Å². The quantitative estimate of drug-likeness (QED) is 0.160. The van der Waals surface area contributed by atoms with E-state index in [4.69, 9.17) is 9.52 Å². The van der Waals surface area contributed by atoms with Crippen LogP contribution in [0, 0.1) is 19.8 Å². The maximum absolute atomic E-state index is 13.6. The number of hydrogen-bond donors (Lipinski definition) is 3. The van der Waals surface area contributed by atoms with Crippen LogP contribution in [0.15, 0.2) is 95.4 Å². The fourth-order valence-electron chi connectivity index (χ4n) is 7.43. The SMILES string of the molecule is Cc1ccc(-n2nc(C(C)(C)C)cc2NC(=O)Nc2cccc(CC3CC4CCC(C3)N4C(=O)Nc3cc(-c4ccccc4)oc3C)c2)cc1. The molecular formula is C41H46N6O3. The highest BCUT2D eigenvalue weighted by molar-refractivity contribution is 5.99. The predicted octanol–water partition coefficient (Wildman–Crippen LogP) is 9.71. The number of anilines is 3. The molecule has 0 spiro atoms.